The molecule has 18 heavy (non-hydrogen) atoms. The second-order valence-electron chi connectivity index (χ2n) is 4.39. The van der Waals surface area contributed by atoms with Gasteiger partial charge in [0.15, 0.2) is 0 Å². The van der Waals surface area contributed by atoms with Gasteiger partial charge >= 0.3 is 0 Å². The number of rotatable bonds is 3. The molecule has 94 valence electrons. The van der Waals surface area contributed by atoms with Crippen LogP contribution in [0.4, 0.5) is 11.4 Å². The SMILES string of the molecule is CC(N)c1ccc(N(C)c2ccccc2)cc1Br. The quantitative estimate of drug-likeness (QED) is 0.919. The number of halogens is 1. The summed E-state index contributed by atoms with van der Waals surface area (Å²) in [7, 11) is 2.06. The molecular weight excluding hydrogens is 288 g/mol. The summed E-state index contributed by atoms with van der Waals surface area (Å²) in [6.45, 7) is 1.99. The second-order valence-corrected chi connectivity index (χ2v) is 5.24. The second kappa shape index (κ2) is 5.55. The van der Waals surface area contributed by atoms with Gasteiger partial charge in [-0.2, -0.15) is 0 Å². The van der Waals surface area contributed by atoms with Crippen molar-refractivity contribution in [2.45, 2.75) is 13.0 Å². The summed E-state index contributed by atoms with van der Waals surface area (Å²) in [4.78, 5) is 2.15. The van der Waals surface area contributed by atoms with E-state index in [0.717, 1.165) is 21.4 Å². The lowest BCUT2D eigenvalue weighted by Crippen LogP contribution is -2.11. The molecule has 1 atom stereocenters. The fourth-order valence-electron chi connectivity index (χ4n) is 1.89. The highest BCUT2D eigenvalue weighted by Gasteiger charge is 2.08. The van der Waals surface area contributed by atoms with E-state index in [9.17, 15) is 0 Å². The number of anilines is 2. The average molecular weight is 305 g/mol. The van der Waals surface area contributed by atoms with Crippen LogP contribution < -0.4 is 10.6 Å². The summed E-state index contributed by atoms with van der Waals surface area (Å²) in [5, 5.41) is 0. The first-order chi connectivity index (χ1) is 8.59. The Morgan fingerprint density at radius 1 is 1.06 bits per heavy atom. The number of hydrogen-bond donors (Lipinski definition) is 1. The minimum atomic E-state index is 0.0375. The zero-order valence-electron chi connectivity index (χ0n) is 10.6. The number of benzene rings is 2. The molecule has 2 rings (SSSR count). The first kappa shape index (κ1) is 13.1. The minimum absolute atomic E-state index is 0.0375. The van der Waals surface area contributed by atoms with Gasteiger partial charge in [-0.3, -0.25) is 0 Å². The van der Waals surface area contributed by atoms with Crippen molar-refractivity contribution in [3.63, 3.8) is 0 Å². The molecule has 2 nitrogen and oxygen atoms in total. The topological polar surface area (TPSA) is 29.3 Å². The molecule has 2 aromatic rings. The van der Waals surface area contributed by atoms with E-state index in [1.807, 2.05) is 25.1 Å². The highest BCUT2D eigenvalue weighted by Crippen LogP contribution is 2.30. The third-order valence-corrected chi connectivity index (χ3v) is 3.69. The molecule has 0 aliphatic rings. The van der Waals surface area contributed by atoms with Crippen LogP contribution in [0.2, 0.25) is 0 Å². The van der Waals surface area contributed by atoms with Crippen molar-refractivity contribution in [2.75, 3.05) is 11.9 Å². The largest absolute Gasteiger partial charge is 0.345 e. The summed E-state index contributed by atoms with van der Waals surface area (Å²) >= 11 is 3.58. The summed E-state index contributed by atoms with van der Waals surface area (Å²) in [5.74, 6) is 0. The maximum atomic E-state index is 5.91. The Balaban J connectivity index is 2.32. The third-order valence-electron chi connectivity index (χ3n) is 3.01. The van der Waals surface area contributed by atoms with Crippen LogP contribution in [-0.2, 0) is 0 Å². The van der Waals surface area contributed by atoms with Gasteiger partial charge in [-0.05, 0) is 36.8 Å². The maximum Gasteiger partial charge on any atom is 0.0419 e. The Morgan fingerprint density at radius 3 is 2.28 bits per heavy atom. The standard InChI is InChI=1S/C15H17BrN2/c1-11(17)14-9-8-13(10-15(14)16)18(2)12-6-4-3-5-7-12/h3-11H,17H2,1-2H3. The van der Waals surface area contributed by atoms with Crippen LogP contribution in [0.1, 0.15) is 18.5 Å². The molecule has 0 radical (unpaired) electrons. The third kappa shape index (κ3) is 2.74. The molecule has 0 saturated carbocycles. The summed E-state index contributed by atoms with van der Waals surface area (Å²) in [5.41, 5.74) is 9.33. The Morgan fingerprint density at radius 2 is 1.72 bits per heavy atom. The first-order valence-electron chi connectivity index (χ1n) is 5.93. The van der Waals surface area contributed by atoms with E-state index in [2.05, 4.69) is 58.2 Å². The van der Waals surface area contributed by atoms with Crippen LogP contribution in [-0.4, -0.2) is 7.05 Å². The zero-order chi connectivity index (χ0) is 13.1. The van der Waals surface area contributed by atoms with Crippen molar-refractivity contribution in [1.29, 1.82) is 0 Å². The van der Waals surface area contributed by atoms with E-state index >= 15 is 0 Å². The van der Waals surface area contributed by atoms with Gasteiger partial charge < -0.3 is 10.6 Å². The van der Waals surface area contributed by atoms with E-state index < -0.39 is 0 Å². The Hall–Kier alpha value is -1.32. The van der Waals surface area contributed by atoms with Gasteiger partial charge in [-0.1, -0.05) is 40.2 Å². The van der Waals surface area contributed by atoms with Crippen molar-refractivity contribution < 1.29 is 0 Å². The molecule has 3 heteroatoms. The van der Waals surface area contributed by atoms with E-state index in [1.165, 1.54) is 0 Å². The molecule has 0 bridgehead atoms. The van der Waals surface area contributed by atoms with Crippen molar-refractivity contribution >= 4 is 27.3 Å². The van der Waals surface area contributed by atoms with Crippen molar-refractivity contribution in [3.05, 3.63) is 58.6 Å². The van der Waals surface area contributed by atoms with E-state index in [4.69, 9.17) is 5.73 Å². The lowest BCUT2D eigenvalue weighted by molar-refractivity contribution is 0.813. The van der Waals surface area contributed by atoms with Crippen molar-refractivity contribution in [2.24, 2.45) is 5.73 Å². The van der Waals surface area contributed by atoms with Gasteiger partial charge in [0.1, 0.15) is 0 Å². The Bertz CT molecular complexity index is 523. The zero-order valence-corrected chi connectivity index (χ0v) is 12.2. The molecule has 0 saturated heterocycles. The molecule has 1 unspecified atom stereocenters. The molecule has 2 N–H and O–H groups in total. The Labute approximate surface area is 117 Å². The van der Waals surface area contributed by atoms with Gasteiger partial charge in [-0.25, -0.2) is 0 Å². The number of hydrogen-bond acceptors (Lipinski definition) is 2. The molecule has 0 aromatic heterocycles. The molecule has 0 aliphatic heterocycles. The molecule has 0 spiro atoms. The smallest absolute Gasteiger partial charge is 0.0419 e. The van der Waals surface area contributed by atoms with Gasteiger partial charge in [0.2, 0.25) is 0 Å². The number of para-hydroxylation sites is 1. The maximum absolute atomic E-state index is 5.91. The van der Waals surface area contributed by atoms with Crippen LogP contribution in [0.25, 0.3) is 0 Å². The summed E-state index contributed by atoms with van der Waals surface area (Å²) < 4.78 is 1.05. The number of nitrogens with two attached hydrogens (primary N) is 1. The molecule has 2 aromatic carbocycles. The normalized spacial score (nSPS) is 12.2. The van der Waals surface area contributed by atoms with Gasteiger partial charge in [0.25, 0.3) is 0 Å². The van der Waals surface area contributed by atoms with Crippen LogP contribution in [0.3, 0.4) is 0 Å². The van der Waals surface area contributed by atoms with Crippen LogP contribution in [0, 0.1) is 0 Å². The number of nitrogens with zero attached hydrogens (tertiary/aromatic N) is 1. The lowest BCUT2D eigenvalue weighted by Gasteiger charge is -2.21. The van der Waals surface area contributed by atoms with Crippen LogP contribution in [0.5, 0.6) is 0 Å². The molecule has 0 aliphatic carbocycles. The molecule has 0 amide bonds. The molecular formula is C15H17BrN2. The fraction of sp³-hybridized carbons (Fsp3) is 0.200. The van der Waals surface area contributed by atoms with Gasteiger partial charge in [0.05, 0.1) is 0 Å². The Kier molecular flexibility index (Phi) is 4.04. The van der Waals surface area contributed by atoms with Crippen LogP contribution in [0.15, 0.2) is 53.0 Å². The minimum Gasteiger partial charge on any atom is -0.345 e. The summed E-state index contributed by atoms with van der Waals surface area (Å²) in [6.07, 6.45) is 0. The predicted molar refractivity (Wildman–Crippen MR) is 81.2 cm³/mol. The fourth-order valence-corrected chi connectivity index (χ4v) is 2.62. The van der Waals surface area contributed by atoms with Gasteiger partial charge in [-0.15, -0.1) is 0 Å². The lowest BCUT2D eigenvalue weighted by atomic mass is 10.1. The van der Waals surface area contributed by atoms with Crippen molar-refractivity contribution in [3.8, 4) is 0 Å². The average Bonchev–Trinajstić information content (AvgIpc) is 2.38. The van der Waals surface area contributed by atoms with Crippen LogP contribution >= 0.6 is 15.9 Å². The first-order valence-corrected chi connectivity index (χ1v) is 6.72. The highest BCUT2D eigenvalue weighted by molar-refractivity contribution is 9.10. The monoisotopic (exact) mass is 304 g/mol. The molecule has 0 fully saturated rings. The van der Waals surface area contributed by atoms with Gasteiger partial charge in [0, 0.05) is 28.9 Å². The van der Waals surface area contributed by atoms with E-state index in [-0.39, 0.29) is 6.04 Å². The highest BCUT2D eigenvalue weighted by atomic mass is 79.9. The summed E-state index contributed by atoms with van der Waals surface area (Å²) in [6, 6.07) is 16.6. The van der Waals surface area contributed by atoms with E-state index in [1.54, 1.807) is 0 Å². The van der Waals surface area contributed by atoms with Crippen molar-refractivity contribution in [1.82, 2.24) is 0 Å². The molecule has 0 heterocycles. The predicted octanol–water partition coefficient (Wildman–Crippen LogP) is 4.24. The van der Waals surface area contributed by atoms with E-state index in [0.29, 0.717) is 0 Å².